The van der Waals surface area contributed by atoms with Gasteiger partial charge in [-0.1, -0.05) is 6.92 Å². The van der Waals surface area contributed by atoms with E-state index in [1.807, 2.05) is 0 Å². The molecular weight excluding hydrogens is 178 g/mol. The topological polar surface area (TPSA) is 47.0 Å². The fourth-order valence-corrected chi connectivity index (χ4v) is 1.55. The van der Waals surface area contributed by atoms with Crippen molar-refractivity contribution in [3.8, 4) is 0 Å². The van der Waals surface area contributed by atoms with Gasteiger partial charge in [-0.05, 0) is 6.42 Å². The number of hydrogen-bond acceptors (Lipinski definition) is 4. The molecule has 0 spiro atoms. The van der Waals surface area contributed by atoms with Gasteiger partial charge in [-0.15, -0.1) is 0 Å². The Bertz CT molecular complexity index is 314. The number of fused-ring (bicyclic) bond motifs is 1. The molecule has 1 aliphatic rings. The maximum absolute atomic E-state index is 5.40. The van der Waals surface area contributed by atoms with E-state index in [1.165, 1.54) is 0 Å². The van der Waals surface area contributed by atoms with Crippen molar-refractivity contribution >= 4 is 5.82 Å². The Morgan fingerprint density at radius 2 is 2.43 bits per heavy atom. The highest BCUT2D eigenvalue weighted by Gasteiger charge is 2.14. The zero-order chi connectivity index (χ0) is 9.80. The van der Waals surface area contributed by atoms with Crippen LogP contribution >= 0.6 is 0 Å². The molecule has 0 amide bonds. The average molecular weight is 193 g/mol. The Balaban J connectivity index is 2.21. The first-order valence-corrected chi connectivity index (χ1v) is 5.06. The molecule has 0 saturated carbocycles. The lowest BCUT2D eigenvalue weighted by molar-refractivity contribution is 0.109. The highest BCUT2D eigenvalue weighted by Crippen LogP contribution is 2.20. The Kier molecular flexibility index (Phi) is 2.93. The van der Waals surface area contributed by atoms with Gasteiger partial charge in [0, 0.05) is 18.5 Å². The van der Waals surface area contributed by atoms with Crippen molar-refractivity contribution in [3.63, 3.8) is 0 Å². The maximum atomic E-state index is 5.40. The van der Waals surface area contributed by atoms with Crippen LogP contribution in [-0.4, -0.2) is 23.1 Å². The van der Waals surface area contributed by atoms with Crippen LogP contribution in [0.2, 0.25) is 0 Å². The van der Waals surface area contributed by atoms with Crippen LogP contribution in [0.4, 0.5) is 5.82 Å². The highest BCUT2D eigenvalue weighted by atomic mass is 16.5. The summed E-state index contributed by atoms with van der Waals surface area (Å²) in [6.45, 7) is 4.50. The Labute approximate surface area is 83.7 Å². The zero-order valence-electron chi connectivity index (χ0n) is 8.42. The van der Waals surface area contributed by atoms with Gasteiger partial charge < -0.3 is 10.1 Å². The molecule has 1 aliphatic heterocycles. The molecule has 0 unspecified atom stereocenters. The van der Waals surface area contributed by atoms with Crippen LogP contribution in [-0.2, 0) is 17.8 Å². The largest absolute Gasteiger partial charge is 0.376 e. The molecule has 0 aliphatic carbocycles. The molecule has 0 atom stereocenters. The summed E-state index contributed by atoms with van der Waals surface area (Å²) < 4.78 is 5.40. The summed E-state index contributed by atoms with van der Waals surface area (Å²) in [5.41, 5.74) is 2.26. The summed E-state index contributed by atoms with van der Waals surface area (Å²) in [6, 6.07) is 0. The van der Waals surface area contributed by atoms with Crippen LogP contribution in [0.25, 0.3) is 0 Å². The fourth-order valence-electron chi connectivity index (χ4n) is 1.55. The van der Waals surface area contributed by atoms with E-state index in [0.29, 0.717) is 6.61 Å². The quantitative estimate of drug-likeness (QED) is 0.787. The summed E-state index contributed by atoms with van der Waals surface area (Å²) in [5.74, 6) is 0.941. The summed E-state index contributed by atoms with van der Waals surface area (Å²) >= 11 is 0. The van der Waals surface area contributed by atoms with Crippen LogP contribution in [0.5, 0.6) is 0 Å². The van der Waals surface area contributed by atoms with Crippen LogP contribution in [0.3, 0.4) is 0 Å². The van der Waals surface area contributed by atoms with Crippen LogP contribution in [0, 0.1) is 0 Å². The number of nitrogens with zero attached hydrogens (tertiary/aromatic N) is 2. The van der Waals surface area contributed by atoms with Crippen molar-refractivity contribution in [1.82, 2.24) is 9.97 Å². The molecule has 2 rings (SSSR count). The van der Waals surface area contributed by atoms with Crippen LogP contribution < -0.4 is 5.32 Å². The van der Waals surface area contributed by atoms with Crippen molar-refractivity contribution in [3.05, 3.63) is 17.6 Å². The SMILES string of the molecule is CCCNc1ncnc2c1COCC2. The number of hydrogen-bond donors (Lipinski definition) is 1. The first-order valence-electron chi connectivity index (χ1n) is 5.06. The monoisotopic (exact) mass is 193 g/mol. The van der Waals surface area contributed by atoms with Crippen molar-refractivity contribution in [2.24, 2.45) is 0 Å². The van der Waals surface area contributed by atoms with Crippen molar-refractivity contribution in [1.29, 1.82) is 0 Å². The molecule has 1 aromatic rings. The van der Waals surface area contributed by atoms with Gasteiger partial charge in [0.05, 0.1) is 18.9 Å². The van der Waals surface area contributed by atoms with Gasteiger partial charge in [0.25, 0.3) is 0 Å². The minimum Gasteiger partial charge on any atom is -0.376 e. The number of aromatic nitrogens is 2. The average Bonchev–Trinajstić information content (AvgIpc) is 2.26. The van der Waals surface area contributed by atoms with Gasteiger partial charge in [0.2, 0.25) is 0 Å². The first-order chi connectivity index (χ1) is 6.92. The summed E-state index contributed by atoms with van der Waals surface area (Å²) in [6.07, 6.45) is 3.63. The van der Waals surface area contributed by atoms with Crippen molar-refractivity contribution in [2.75, 3.05) is 18.5 Å². The second-order valence-electron chi connectivity index (χ2n) is 3.38. The third-order valence-corrected chi connectivity index (χ3v) is 2.31. The summed E-state index contributed by atoms with van der Waals surface area (Å²) in [5, 5.41) is 3.29. The van der Waals surface area contributed by atoms with Gasteiger partial charge in [-0.25, -0.2) is 9.97 Å². The number of nitrogens with one attached hydrogen (secondary N) is 1. The van der Waals surface area contributed by atoms with Crippen molar-refractivity contribution in [2.45, 2.75) is 26.4 Å². The van der Waals surface area contributed by atoms with E-state index >= 15 is 0 Å². The lowest BCUT2D eigenvalue weighted by Gasteiger charge is -2.18. The van der Waals surface area contributed by atoms with Crippen molar-refractivity contribution < 1.29 is 4.74 Å². The molecule has 14 heavy (non-hydrogen) atoms. The van der Waals surface area contributed by atoms with E-state index in [2.05, 4.69) is 22.2 Å². The normalized spacial score (nSPS) is 14.9. The van der Waals surface area contributed by atoms with Gasteiger partial charge in [0.15, 0.2) is 0 Å². The molecule has 1 N–H and O–H groups in total. The van der Waals surface area contributed by atoms with E-state index in [-0.39, 0.29) is 0 Å². The minimum absolute atomic E-state index is 0.641. The third kappa shape index (κ3) is 1.85. The lowest BCUT2D eigenvalue weighted by Crippen LogP contribution is -2.16. The molecule has 0 radical (unpaired) electrons. The predicted octanol–water partition coefficient (Wildman–Crippen LogP) is 1.37. The Morgan fingerprint density at radius 1 is 1.50 bits per heavy atom. The van der Waals surface area contributed by atoms with Gasteiger partial charge in [0.1, 0.15) is 12.1 Å². The zero-order valence-corrected chi connectivity index (χ0v) is 8.42. The Hall–Kier alpha value is -1.16. The molecular formula is C10H15N3O. The van der Waals surface area contributed by atoms with Gasteiger partial charge in [-0.2, -0.15) is 0 Å². The standard InChI is InChI=1S/C10H15N3O/c1-2-4-11-10-8-6-14-5-3-9(8)12-7-13-10/h7H,2-6H2,1H3,(H,11,12,13). The smallest absolute Gasteiger partial charge is 0.135 e. The molecule has 4 nitrogen and oxygen atoms in total. The molecule has 0 saturated heterocycles. The number of anilines is 1. The van der Waals surface area contributed by atoms with E-state index < -0.39 is 0 Å². The first kappa shape index (κ1) is 9.40. The molecule has 0 bridgehead atoms. The second kappa shape index (κ2) is 4.37. The van der Waals surface area contributed by atoms with E-state index in [1.54, 1.807) is 6.33 Å². The molecule has 0 fully saturated rings. The third-order valence-electron chi connectivity index (χ3n) is 2.31. The number of ether oxygens (including phenoxy) is 1. The van der Waals surface area contributed by atoms with Crippen LogP contribution in [0.1, 0.15) is 24.6 Å². The van der Waals surface area contributed by atoms with Crippen LogP contribution in [0.15, 0.2) is 6.33 Å². The minimum atomic E-state index is 0.641. The van der Waals surface area contributed by atoms with Gasteiger partial charge >= 0.3 is 0 Å². The van der Waals surface area contributed by atoms with E-state index in [4.69, 9.17) is 4.74 Å². The number of rotatable bonds is 3. The Morgan fingerprint density at radius 3 is 3.29 bits per heavy atom. The molecule has 2 heterocycles. The molecule has 76 valence electrons. The molecule has 1 aromatic heterocycles. The predicted molar refractivity (Wildman–Crippen MR) is 54.2 cm³/mol. The van der Waals surface area contributed by atoms with E-state index in [0.717, 1.165) is 43.1 Å². The maximum Gasteiger partial charge on any atom is 0.135 e. The lowest BCUT2D eigenvalue weighted by atomic mass is 10.1. The summed E-state index contributed by atoms with van der Waals surface area (Å²) in [4.78, 5) is 8.48. The fraction of sp³-hybridized carbons (Fsp3) is 0.600. The van der Waals surface area contributed by atoms with E-state index in [9.17, 15) is 0 Å². The highest BCUT2D eigenvalue weighted by molar-refractivity contribution is 5.46. The summed E-state index contributed by atoms with van der Waals surface area (Å²) in [7, 11) is 0. The second-order valence-corrected chi connectivity index (χ2v) is 3.38. The molecule has 4 heteroatoms. The van der Waals surface area contributed by atoms with Gasteiger partial charge in [-0.3, -0.25) is 0 Å². The molecule has 0 aromatic carbocycles.